The molecule has 17 heavy (non-hydrogen) atoms. The van der Waals surface area contributed by atoms with Gasteiger partial charge in [-0.2, -0.15) is 0 Å². The predicted molar refractivity (Wildman–Crippen MR) is 69.3 cm³/mol. The van der Waals surface area contributed by atoms with Gasteiger partial charge in [-0.1, -0.05) is 38.1 Å². The highest BCUT2D eigenvalue weighted by Gasteiger charge is 2.34. The lowest BCUT2D eigenvalue weighted by atomic mass is 9.88. The van der Waals surface area contributed by atoms with Gasteiger partial charge in [0.1, 0.15) is 0 Å². The Balaban J connectivity index is 2.10. The van der Waals surface area contributed by atoms with Crippen LogP contribution in [0.5, 0.6) is 0 Å². The van der Waals surface area contributed by atoms with Crippen molar-refractivity contribution in [3.8, 4) is 0 Å². The molecule has 0 amide bonds. The lowest BCUT2D eigenvalue weighted by Gasteiger charge is -2.24. The fourth-order valence-corrected chi connectivity index (χ4v) is 2.82. The molecule has 2 heteroatoms. The van der Waals surface area contributed by atoms with Gasteiger partial charge in [0, 0.05) is 13.0 Å². The molecule has 0 heterocycles. The van der Waals surface area contributed by atoms with Crippen molar-refractivity contribution in [1.29, 1.82) is 0 Å². The second-order valence-electron chi connectivity index (χ2n) is 5.07. The van der Waals surface area contributed by atoms with E-state index in [-0.39, 0.29) is 0 Å². The maximum atomic E-state index is 5.97. The van der Waals surface area contributed by atoms with Crippen LogP contribution in [0.15, 0.2) is 24.3 Å². The van der Waals surface area contributed by atoms with Gasteiger partial charge in [0.25, 0.3) is 0 Å². The van der Waals surface area contributed by atoms with E-state index in [0.717, 1.165) is 6.42 Å². The van der Waals surface area contributed by atoms with E-state index in [9.17, 15) is 0 Å². The fraction of sp³-hybridized carbons (Fsp3) is 0.600. The van der Waals surface area contributed by atoms with Crippen molar-refractivity contribution < 1.29 is 9.47 Å². The number of rotatable bonds is 5. The molecule has 0 fully saturated rings. The zero-order valence-electron chi connectivity index (χ0n) is 11.0. The summed E-state index contributed by atoms with van der Waals surface area (Å²) in [4.78, 5) is 0. The summed E-state index contributed by atoms with van der Waals surface area (Å²) in [6.07, 6.45) is 1.37. The van der Waals surface area contributed by atoms with E-state index in [1.165, 1.54) is 11.1 Å². The van der Waals surface area contributed by atoms with Crippen molar-refractivity contribution in [2.24, 2.45) is 5.92 Å². The molecule has 1 aliphatic carbocycles. The van der Waals surface area contributed by atoms with E-state index in [0.29, 0.717) is 31.2 Å². The van der Waals surface area contributed by atoms with Crippen LogP contribution in [-0.4, -0.2) is 26.4 Å². The molecule has 94 valence electrons. The van der Waals surface area contributed by atoms with Gasteiger partial charge >= 0.3 is 0 Å². The smallest absolute Gasteiger partial charge is 0.0704 e. The van der Waals surface area contributed by atoms with Crippen LogP contribution in [0.3, 0.4) is 0 Å². The van der Waals surface area contributed by atoms with Gasteiger partial charge in [0.2, 0.25) is 0 Å². The summed E-state index contributed by atoms with van der Waals surface area (Å²) >= 11 is 0. The van der Waals surface area contributed by atoms with Crippen LogP contribution in [0.25, 0.3) is 0 Å². The minimum absolute atomic E-state index is 0.322. The van der Waals surface area contributed by atoms with Crippen molar-refractivity contribution >= 4 is 0 Å². The highest BCUT2D eigenvalue weighted by Crippen LogP contribution is 2.39. The highest BCUT2D eigenvalue weighted by molar-refractivity contribution is 5.37. The molecule has 2 nitrogen and oxygen atoms in total. The van der Waals surface area contributed by atoms with Crippen LogP contribution in [0.2, 0.25) is 0 Å². The Morgan fingerprint density at radius 1 is 1.24 bits per heavy atom. The molecule has 1 aromatic rings. The first-order chi connectivity index (χ1) is 8.24. The molecule has 2 atom stereocenters. The predicted octanol–water partition coefficient (Wildman–Crippen LogP) is 3.01. The first-order valence-electron chi connectivity index (χ1n) is 6.42. The zero-order valence-corrected chi connectivity index (χ0v) is 11.0. The molecule has 1 aliphatic rings. The molecule has 0 aliphatic heterocycles. The maximum Gasteiger partial charge on any atom is 0.0704 e. The highest BCUT2D eigenvalue weighted by atomic mass is 16.5. The van der Waals surface area contributed by atoms with Gasteiger partial charge in [-0.15, -0.1) is 0 Å². The summed E-state index contributed by atoms with van der Waals surface area (Å²) in [7, 11) is 1.71. The Bertz CT molecular complexity index is 360. The first kappa shape index (κ1) is 12.6. The monoisotopic (exact) mass is 234 g/mol. The van der Waals surface area contributed by atoms with Crippen molar-refractivity contribution in [1.82, 2.24) is 0 Å². The third-order valence-electron chi connectivity index (χ3n) is 3.57. The summed E-state index contributed by atoms with van der Waals surface area (Å²) in [5.41, 5.74) is 2.93. The molecule has 2 rings (SSSR count). The van der Waals surface area contributed by atoms with Crippen molar-refractivity contribution in [3.05, 3.63) is 35.4 Å². The molecule has 0 saturated heterocycles. The minimum Gasteiger partial charge on any atom is -0.382 e. The first-order valence-corrected chi connectivity index (χ1v) is 6.42. The number of benzene rings is 1. The second-order valence-corrected chi connectivity index (χ2v) is 5.07. The summed E-state index contributed by atoms with van der Waals surface area (Å²) < 4.78 is 11.0. The van der Waals surface area contributed by atoms with Crippen LogP contribution in [0.1, 0.15) is 30.9 Å². The molecule has 0 aromatic heterocycles. The normalized spacial score (nSPS) is 23.1. The molecule has 0 radical (unpaired) electrons. The molecule has 2 unspecified atom stereocenters. The van der Waals surface area contributed by atoms with Gasteiger partial charge in [-0.3, -0.25) is 0 Å². The topological polar surface area (TPSA) is 18.5 Å². The van der Waals surface area contributed by atoms with E-state index in [4.69, 9.17) is 9.47 Å². The molecule has 0 bridgehead atoms. The Labute approximate surface area is 104 Å². The Morgan fingerprint density at radius 2 is 2.00 bits per heavy atom. The standard InChI is InChI=1S/C15H22O2/c1-11(2)15-13-7-5-4-6-12(13)10-14(15)17-9-8-16-3/h4-7,11,14-15H,8-10H2,1-3H3. The van der Waals surface area contributed by atoms with E-state index >= 15 is 0 Å². The molecule has 1 aromatic carbocycles. The summed E-state index contributed by atoms with van der Waals surface area (Å²) in [6, 6.07) is 8.73. The van der Waals surface area contributed by atoms with Crippen LogP contribution in [0, 0.1) is 5.92 Å². The van der Waals surface area contributed by atoms with E-state index < -0.39 is 0 Å². The summed E-state index contributed by atoms with van der Waals surface area (Å²) in [5, 5.41) is 0. The largest absolute Gasteiger partial charge is 0.382 e. The SMILES string of the molecule is COCCOC1Cc2ccccc2C1C(C)C. The van der Waals surface area contributed by atoms with E-state index in [1.54, 1.807) is 7.11 Å². The molecule has 0 spiro atoms. The summed E-state index contributed by atoms with van der Waals surface area (Å²) in [6.45, 7) is 5.93. The van der Waals surface area contributed by atoms with Crippen molar-refractivity contribution in [2.75, 3.05) is 20.3 Å². The average Bonchev–Trinajstić information content (AvgIpc) is 2.67. The van der Waals surface area contributed by atoms with Gasteiger partial charge < -0.3 is 9.47 Å². The third-order valence-corrected chi connectivity index (χ3v) is 3.57. The quantitative estimate of drug-likeness (QED) is 0.729. The van der Waals surface area contributed by atoms with Crippen LogP contribution in [0.4, 0.5) is 0 Å². The van der Waals surface area contributed by atoms with E-state index in [2.05, 4.69) is 38.1 Å². The van der Waals surface area contributed by atoms with Crippen LogP contribution >= 0.6 is 0 Å². The Morgan fingerprint density at radius 3 is 2.71 bits per heavy atom. The fourth-order valence-electron chi connectivity index (χ4n) is 2.82. The maximum absolute atomic E-state index is 5.97. The lowest BCUT2D eigenvalue weighted by Crippen LogP contribution is -2.24. The van der Waals surface area contributed by atoms with E-state index in [1.807, 2.05) is 0 Å². The van der Waals surface area contributed by atoms with Gasteiger partial charge in [0.15, 0.2) is 0 Å². The number of fused-ring (bicyclic) bond motifs is 1. The van der Waals surface area contributed by atoms with Gasteiger partial charge in [-0.25, -0.2) is 0 Å². The molecule has 0 saturated carbocycles. The zero-order chi connectivity index (χ0) is 12.3. The molecular weight excluding hydrogens is 212 g/mol. The van der Waals surface area contributed by atoms with Gasteiger partial charge in [-0.05, 0) is 23.5 Å². The van der Waals surface area contributed by atoms with Crippen molar-refractivity contribution in [3.63, 3.8) is 0 Å². The van der Waals surface area contributed by atoms with Crippen LogP contribution in [-0.2, 0) is 15.9 Å². The number of hydrogen-bond acceptors (Lipinski definition) is 2. The van der Waals surface area contributed by atoms with Gasteiger partial charge in [0.05, 0.1) is 19.3 Å². The van der Waals surface area contributed by atoms with Crippen molar-refractivity contribution in [2.45, 2.75) is 32.3 Å². The average molecular weight is 234 g/mol. The lowest BCUT2D eigenvalue weighted by molar-refractivity contribution is 0.00258. The Hall–Kier alpha value is -0.860. The third kappa shape index (κ3) is 2.70. The number of ether oxygens (including phenoxy) is 2. The molecular formula is C15H22O2. The molecule has 0 N–H and O–H groups in total. The minimum atomic E-state index is 0.322. The second kappa shape index (κ2) is 5.65. The van der Waals surface area contributed by atoms with Crippen LogP contribution < -0.4 is 0 Å². The summed E-state index contributed by atoms with van der Waals surface area (Å²) in [5.74, 6) is 1.15. The number of methoxy groups -OCH3 is 1. The number of hydrogen-bond donors (Lipinski definition) is 0. The Kier molecular flexibility index (Phi) is 4.19.